The van der Waals surface area contributed by atoms with Crippen molar-refractivity contribution >= 4 is 32.5 Å². The van der Waals surface area contributed by atoms with Gasteiger partial charge in [-0.2, -0.15) is 0 Å². The molecule has 1 aromatic heterocycles. The number of fused-ring (bicyclic) bond motifs is 1. The van der Waals surface area contributed by atoms with Crippen molar-refractivity contribution in [2.75, 3.05) is 13.7 Å². The van der Waals surface area contributed by atoms with Crippen molar-refractivity contribution in [1.29, 1.82) is 0 Å². The first-order chi connectivity index (χ1) is 12.7. The second-order valence-corrected chi connectivity index (χ2v) is 8.47. The maximum atomic E-state index is 13.3. The molecule has 0 aliphatic heterocycles. The summed E-state index contributed by atoms with van der Waals surface area (Å²) in [5, 5.41) is -0.141. The number of ether oxygens (including phenoxy) is 1. The van der Waals surface area contributed by atoms with Crippen LogP contribution in [0, 0.1) is 12.7 Å². The van der Waals surface area contributed by atoms with E-state index in [2.05, 4.69) is 0 Å². The molecular formula is C18H17ClFNO5S. The van der Waals surface area contributed by atoms with E-state index in [4.69, 9.17) is 20.8 Å². The fourth-order valence-electron chi connectivity index (χ4n) is 2.85. The summed E-state index contributed by atoms with van der Waals surface area (Å²) in [5.41, 5.74) is 1.49. The largest absolute Gasteiger partial charge is 0.420 e. The predicted octanol–water partition coefficient (Wildman–Crippen LogP) is 3.32. The lowest BCUT2D eigenvalue weighted by atomic mass is 10.2. The van der Waals surface area contributed by atoms with Gasteiger partial charge in [-0.05, 0) is 42.3 Å². The van der Waals surface area contributed by atoms with E-state index in [9.17, 15) is 17.6 Å². The SMILES string of the molecule is COCCn1c(=O)oc2cc(C)c(S(=O)(=O)Cc3ccc(F)c(Cl)c3)cc21. The Bertz CT molecular complexity index is 1170. The lowest BCUT2D eigenvalue weighted by Gasteiger charge is -2.09. The van der Waals surface area contributed by atoms with Crippen LogP contribution in [0.3, 0.4) is 0 Å². The van der Waals surface area contributed by atoms with E-state index in [0.717, 1.165) is 6.07 Å². The first kappa shape index (κ1) is 19.6. The molecule has 0 aliphatic carbocycles. The van der Waals surface area contributed by atoms with Gasteiger partial charge < -0.3 is 9.15 Å². The molecule has 0 fully saturated rings. The summed E-state index contributed by atoms with van der Waals surface area (Å²) in [5.74, 6) is -1.54. The highest BCUT2D eigenvalue weighted by atomic mass is 35.5. The molecule has 0 N–H and O–H groups in total. The Morgan fingerprint density at radius 1 is 1.26 bits per heavy atom. The number of sulfone groups is 1. The maximum absolute atomic E-state index is 13.3. The molecule has 0 unspecified atom stereocenters. The van der Waals surface area contributed by atoms with E-state index in [-0.39, 0.29) is 28.8 Å². The molecule has 0 bridgehead atoms. The second-order valence-electron chi connectivity index (χ2n) is 6.11. The van der Waals surface area contributed by atoms with Crippen molar-refractivity contribution in [2.45, 2.75) is 24.1 Å². The minimum atomic E-state index is -3.76. The van der Waals surface area contributed by atoms with Gasteiger partial charge >= 0.3 is 5.76 Å². The highest BCUT2D eigenvalue weighted by molar-refractivity contribution is 7.90. The van der Waals surface area contributed by atoms with Gasteiger partial charge in [0, 0.05) is 7.11 Å². The lowest BCUT2D eigenvalue weighted by molar-refractivity contribution is 0.186. The third-order valence-corrected chi connectivity index (χ3v) is 6.27. The number of methoxy groups -OCH3 is 1. The van der Waals surface area contributed by atoms with Gasteiger partial charge in [0.15, 0.2) is 15.4 Å². The Labute approximate surface area is 160 Å². The summed E-state index contributed by atoms with van der Waals surface area (Å²) in [4.78, 5) is 12.1. The van der Waals surface area contributed by atoms with Crippen LogP contribution in [0.25, 0.3) is 11.1 Å². The molecule has 3 rings (SSSR count). The van der Waals surface area contributed by atoms with Crippen LogP contribution in [0.15, 0.2) is 44.4 Å². The molecule has 27 heavy (non-hydrogen) atoms. The van der Waals surface area contributed by atoms with Crippen molar-refractivity contribution < 1.29 is 22.0 Å². The lowest BCUT2D eigenvalue weighted by Crippen LogP contribution is -2.17. The molecule has 9 heteroatoms. The number of oxazole rings is 1. The van der Waals surface area contributed by atoms with E-state index in [1.807, 2.05) is 0 Å². The minimum absolute atomic E-state index is 0.0717. The molecule has 0 spiro atoms. The summed E-state index contributed by atoms with van der Waals surface area (Å²) in [7, 11) is -2.26. The molecular weight excluding hydrogens is 397 g/mol. The monoisotopic (exact) mass is 413 g/mol. The van der Waals surface area contributed by atoms with Gasteiger partial charge in [0.25, 0.3) is 0 Å². The van der Waals surface area contributed by atoms with E-state index in [1.54, 1.807) is 6.92 Å². The Morgan fingerprint density at radius 2 is 2.00 bits per heavy atom. The van der Waals surface area contributed by atoms with E-state index in [0.29, 0.717) is 22.2 Å². The first-order valence-corrected chi connectivity index (χ1v) is 10.1. The predicted molar refractivity (Wildman–Crippen MR) is 99.4 cm³/mol. The molecule has 6 nitrogen and oxygen atoms in total. The highest BCUT2D eigenvalue weighted by Crippen LogP contribution is 2.27. The average Bonchev–Trinajstić information content (AvgIpc) is 2.89. The van der Waals surface area contributed by atoms with Crippen LogP contribution in [0.1, 0.15) is 11.1 Å². The number of hydrogen-bond donors (Lipinski definition) is 0. The van der Waals surface area contributed by atoms with Crippen LogP contribution in [0.4, 0.5) is 4.39 Å². The third kappa shape index (κ3) is 3.92. The average molecular weight is 414 g/mol. The molecule has 0 aliphatic rings. The van der Waals surface area contributed by atoms with Gasteiger partial charge in [-0.25, -0.2) is 17.6 Å². The molecule has 0 saturated carbocycles. The number of aryl methyl sites for hydroxylation is 1. The van der Waals surface area contributed by atoms with E-state index < -0.39 is 21.4 Å². The minimum Gasteiger partial charge on any atom is -0.408 e. The van der Waals surface area contributed by atoms with Gasteiger partial charge in [-0.3, -0.25) is 4.57 Å². The van der Waals surface area contributed by atoms with E-state index in [1.165, 1.54) is 35.9 Å². The molecule has 3 aromatic rings. The van der Waals surface area contributed by atoms with Crippen LogP contribution < -0.4 is 5.76 Å². The van der Waals surface area contributed by atoms with Gasteiger partial charge in [-0.1, -0.05) is 17.7 Å². The Balaban J connectivity index is 2.07. The van der Waals surface area contributed by atoms with Crippen LogP contribution in [-0.2, 0) is 26.9 Å². The Kier molecular flexibility index (Phi) is 5.41. The standard InChI is InChI=1S/C18H17ClFNO5S/c1-11-7-16-15(21(5-6-25-2)18(22)26-16)9-17(11)27(23,24)10-12-3-4-14(20)13(19)8-12/h3-4,7-9H,5-6,10H2,1-2H3. The number of hydrogen-bond acceptors (Lipinski definition) is 5. The first-order valence-electron chi connectivity index (χ1n) is 8.02. The zero-order valence-corrected chi connectivity index (χ0v) is 16.2. The van der Waals surface area contributed by atoms with Crippen LogP contribution in [-0.4, -0.2) is 26.7 Å². The van der Waals surface area contributed by atoms with Gasteiger partial charge in [0.2, 0.25) is 0 Å². The summed E-state index contributed by atoms with van der Waals surface area (Å²) in [6.07, 6.45) is 0. The fraction of sp³-hybridized carbons (Fsp3) is 0.278. The van der Waals surface area contributed by atoms with Crippen LogP contribution >= 0.6 is 11.6 Å². The highest BCUT2D eigenvalue weighted by Gasteiger charge is 2.22. The smallest absolute Gasteiger partial charge is 0.408 e. The number of rotatable bonds is 6. The van der Waals surface area contributed by atoms with Gasteiger partial charge in [0.05, 0.1) is 34.3 Å². The van der Waals surface area contributed by atoms with Crippen molar-refractivity contribution in [1.82, 2.24) is 4.57 Å². The molecule has 144 valence electrons. The molecule has 0 amide bonds. The zero-order chi connectivity index (χ0) is 19.8. The second kappa shape index (κ2) is 7.46. The van der Waals surface area contributed by atoms with Crippen LogP contribution in [0.2, 0.25) is 5.02 Å². The topological polar surface area (TPSA) is 78.5 Å². The van der Waals surface area contributed by atoms with Crippen LogP contribution in [0.5, 0.6) is 0 Å². The third-order valence-electron chi connectivity index (χ3n) is 4.16. The summed E-state index contributed by atoms with van der Waals surface area (Å²) in [6.45, 7) is 2.13. The summed E-state index contributed by atoms with van der Waals surface area (Å²) < 4.78 is 50.6. The van der Waals surface area contributed by atoms with Crippen molar-refractivity contribution in [3.8, 4) is 0 Å². The van der Waals surface area contributed by atoms with Gasteiger partial charge in [0.1, 0.15) is 5.82 Å². The zero-order valence-electron chi connectivity index (χ0n) is 14.7. The summed E-state index contributed by atoms with van der Waals surface area (Å²) in [6, 6.07) is 6.73. The molecule has 0 saturated heterocycles. The summed E-state index contributed by atoms with van der Waals surface area (Å²) >= 11 is 5.74. The number of benzene rings is 2. The quantitative estimate of drug-likeness (QED) is 0.619. The Hall–Kier alpha value is -2.16. The maximum Gasteiger partial charge on any atom is 0.420 e. The van der Waals surface area contributed by atoms with Crippen molar-refractivity contribution in [3.63, 3.8) is 0 Å². The molecule has 0 radical (unpaired) electrons. The van der Waals surface area contributed by atoms with Gasteiger partial charge in [-0.15, -0.1) is 0 Å². The van der Waals surface area contributed by atoms with Crippen molar-refractivity contribution in [2.24, 2.45) is 0 Å². The molecule has 2 aromatic carbocycles. The van der Waals surface area contributed by atoms with Crippen molar-refractivity contribution in [3.05, 3.63) is 62.8 Å². The fourth-order valence-corrected chi connectivity index (χ4v) is 4.66. The number of nitrogens with zero attached hydrogens (tertiary/aromatic N) is 1. The van der Waals surface area contributed by atoms with E-state index >= 15 is 0 Å². The normalized spacial score (nSPS) is 12.0. The Morgan fingerprint density at radius 3 is 2.67 bits per heavy atom. The molecule has 0 atom stereocenters. The number of halogens is 2. The molecule has 1 heterocycles. The number of aromatic nitrogens is 1.